The molecule has 0 fully saturated rings. The first-order valence-electron chi connectivity index (χ1n) is 9.70. The molecule has 0 spiro atoms. The number of hydrogen-bond donors (Lipinski definition) is 1. The van der Waals surface area contributed by atoms with E-state index in [1.165, 1.54) is 16.7 Å². The topological polar surface area (TPSA) is 46.5 Å². The molecule has 3 aromatic carbocycles. The Balaban J connectivity index is 1.85. The molecule has 3 aromatic rings. The molecule has 0 radical (unpaired) electrons. The van der Waals surface area contributed by atoms with Gasteiger partial charge < -0.3 is 9.84 Å². The number of rotatable bonds is 7. The van der Waals surface area contributed by atoms with Crippen LogP contribution in [0.1, 0.15) is 23.6 Å². The molecule has 0 unspecified atom stereocenters. The summed E-state index contributed by atoms with van der Waals surface area (Å²) < 4.78 is 5.33. The molecule has 0 aliphatic rings. The van der Waals surface area contributed by atoms with E-state index in [1.54, 1.807) is 6.92 Å². The van der Waals surface area contributed by atoms with Gasteiger partial charge in [0.2, 0.25) is 0 Å². The minimum absolute atomic E-state index is 0.0476. The zero-order valence-corrected chi connectivity index (χ0v) is 16.9. The maximum Gasteiger partial charge on any atom is 0.333 e. The van der Waals surface area contributed by atoms with E-state index in [4.69, 9.17) is 4.74 Å². The Bertz CT molecular complexity index is 999. The van der Waals surface area contributed by atoms with Crippen LogP contribution in [-0.2, 0) is 22.6 Å². The molecule has 0 saturated carbocycles. The highest BCUT2D eigenvalue weighted by molar-refractivity contribution is 5.87. The van der Waals surface area contributed by atoms with Crippen molar-refractivity contribution in [2.24, 2.45) is 0 Å². The van der Waals surface area contributed by atoms with Crippen LogP contribution in [0, 0.1) is 6.92 Å². The van der Waals surface area contributed by atoms with Gasteiger partial charge in [0.05, 0.1) is 0 Å². The van der Waals surface area contributed by atoms with E-state index in [0.29, 0.717) is 12.0 Å². The highest BCUT2D eigenvalue weighted by Crippen LogP contribution is 2.27. The summed E-state index contributed by atoms with van der Waals surface area (Å²) in [6.07, 6.45) is 0.520. The first-order valence-corrected chi connectivity index (χ1v) is 9.70. The van der Waals surface area contributed by atoms with Crippen molar-refractivity contribution in [3.8, 4) is 22.3 Å². The van der Waals surface area contributed by atoms with Crippen LogP contribution in [-0.4, -0.2) is 17.7 Å². The van der Waals surface area contributed by atoms with E-state index in [1.807, 2.05) is 18.2 Å². The lowest BCUT2D eigenvalue weighted by atomic mass is 9.96. The number of carbonyl (C=O) groups excluding carboxylic acids is 1. The van der Waals surface area contributed by atoms with Crippen LogP contribution in [0.4, 0.5) is 0 Å². The SMILES string of the molecule is C=C(C)C(=O)OCc1cc(-c2ccc(-c3ccc(C)cc3)cc2)ccc1CCO. The Morgan fingerprint density at radius 3 is 1.93 bits per heavy atom. The van der Waals surface area contributed by atoms with Gasteiger partial charge in [-0.2, -0.15) is 0 Å². The van der Waals surface area contributed by atoms with Gasteiger partial charge in [-0.15, -0.1) is 0 Å². The predicted octanol–water partition coefficient (Wildman–Crippen LogP) is 5.48. The van der Waals surface area contributed by atoms with Crippen LogP contribution in [0.15, 0.2) is 78.9 Å². The minimum Gasteiger partial charge on any atom is -0.457 e. The largest absolute Gasteiger partial charge is 0.457 e. The van der Waals surface area contributed by atoms with Crippen LogP contribution in [0.25, 0.3) is 22.3 Å². The van der Waals surface area contributed by atoms with Crippen LogP contribution in [0.5, 0.6) is 0 Å². The van der Waals surface area contributed by atoms with Crippen LogP contribution >= 0.6 is 0 Å². The van der Waals surface area contributed by atoms with E-state index in [9.17, 15) is 9.90 Å². The third-order valence-electron chi connectivity index (χ3n) is 4.90. The van der Waals surface area contributed by atoms with Gasteiger partial charge in [0.1, 0.15) is 6.61 Å². The maximum absolute atomic E-state index is 11.8. The molecule has 3 heteroatoms. The Hall–Kier alpha value is -3.17. The maximum atomic E-state index is 11.8. The van der Waals surface area contributed by atoms with Crippen molar-refractivity contribution >= 4 is 5.97 Å². The molecule has 1 N–H and O–H groups in total. The number of carbonyl (C=O) groups is 1. The van der Waals surface area contributed by atoms with E-state index in [-0.39, 0.29) is 13.2 Å². The van der Waals surface area contributed by atoms with Gasteiger partial charge in [0.15, 0.2) is 0 Å². The molecule has 0 aliphatic heterocycles. The summed E-state index contributed by atoms with van der Waals surface area (Å²) in [6.45, 7) is 7.54. The standard InChI is InChI=1S/C26H26O3/c1-18(2)26(28)29-17-25-16-24(13-12-23(25)14-15-27)22-10-8-21(9-11-22)20-6-4-19(3)5-7-20/h4-13,16,27H,1,14-15,17H2,2-3H3. The predicted molar refractivity (Wildman–Crippen MR) is 117 cm³/mol. The zero-order chi connectivity index (χ0) is 20.8. The summed E-state index contributed by atoms with van der Waals surface area (Å²) in [5, 5.41) is 9.33. The summed E-state index contributed by atoms with van der Waals surface area (Å²) >= 11 is 0. The van der Waals surface area contributed by atoms with Gasteiger partial charge in [-0.1, -0.05) is 72.8 Å². The molecule has 0 aromatic heterocycles. The lowest BCUT2D eigenvalue weighted by molar-refractivity contribution is -0.140. The summed E-state index contributed by atoms with van der Waals surface area (Å²) in [7, 11) is 0. The number of benzene rings is 3. The fourth-order valence-corrected chi connectivity index (χ4v) is 3.17. The van der Waals surface area contributed by atoms with Crippen LogP contribution < -0.4 is 0 Å². The van der Waals surface area contributed by atoms with Gasteiger partial charge in [-0.3, -0.25) is 0 Å². The summed E-state index contributed by atoms with van der Waals surface area (Å²) in [5.74, 6) is -0.409. The first kappa shape index (κ1) is 20.6. The van der Waals surface area contributed by atoms with Crippen molar-refractivity contribution < 1.29 is 14.6 Å². The molecule has 3 rings (SSSR count). The van der Waals surface area contributed by atoms with E-state index >= 15 is 0 Å². The fourth-order valence-electron chi connectivity index (χ4n) is 3.17. The number of aliphatic hydroxyl groups excluding tert-OH is 1. The number of ether oxygens (including phenoxy) is 1. The number of aliphatic hydroxyl groups is 1. The molecular formula is C26H26O3. The monoisotopic (exact) mass is 386 g/mol. The second kappa shape index (κ2) is 9.35. The van der Waals surface area contributed by atoms with Crippen molar-refractivity contribution in [1.82, 2.24) is 0 Å². The third-order valence-corrected chi connectivity index (χ3v) is 4.90. The van der Waals surface area contributed by atoms with Gasteiger partial charge in [0.25, 0.3) is 0 Å². The zero-order valence-electron chi connectivity index (χ0n) is 16.9. The number of aryl methyl sites for hydroxylation is 1. The Kier molecular flexibility index (Phi) is 6.63. The average molecular weight is 386 g/mol. The molecule has 148 valence electrons. The number of esters is 1. The van der Waals surface area contributed by atoms with Crippen molar-refractivity contribution in [3.63, 3.8) is 0 Å². The Labute approximate surface area is 172 Å². The van der Waals surface area contributed by atoms with E-state index < -0.39 is 5.97 Å². The Morgan fingerprint density at radius 1 is 0.862 bits per heavy atom. The van der Waals surface area contributed by atoms with Gasteiger partial charge in [0, 0.05) is 12.2 Å². The van der Waals surface area contributed by atoms with Crippen LogP contribution in [0.2, 0.25) is 0 Å². The van der Waals surface area contributed by atoms with Gasteiger partial charge in [-0.25, -0.2) is 4.79 Å². The average Bonchev–Trinajstić information content (AvgIpc) is 2.73. The third kappa shape index (κ3) is 5.21. The highest BCUT2D eigenvalue weighted by Gasteiger charge is 2.10. The highest BCUT2D eigenvalue weighted by atomic mass is 16.5. The second-order valence-electron chi connectivity index (χ2n) is 7.26. The van der Waals surface area contributed by atoms with Gasteiger partial charge >= 0.3 is 5.97 Å². The second-order valence-corrected chi connectivity index (χ2v) is 7.26. The minimum atomic E-state index is -0.409. The first-order chi connectivity index (χ1) is 14.0. The number of hydrogen-bond acceptors (Lipinski definition) is 3. The summed E-state index contributed by atoms with van der Waals surface area (Å²) in [5.41, 5.74) is 7.97. The molecule has 0 amide bonds. The van der Waals surface area contributed by atoms with Crippen LogP contribution in [0.3, 0.4) is 0 Å². The molecule has 0 heterocycles. The van der Waals surface area contributed by atoms with E-state index in [0.717, 1.165) is 22.3 Å². The summed E-state index contributed by atoms with van der Waals surface area (Å²) in [4.78, 5) is 11.8. The van der Waals surface area contributed by atoms with E-state index in [2.05, 4.69) is 62.0 Å². The smallest absolute Gasteiger partial charge is 0.333 e. The molecule has 3 nitrogen and oxygen atoms in total. The van der Waals surface area contributed by atoms with Crippen molar-refractivity contribution in [1.29, 1.82) is 0 Å². The lowest BCUT2D eigenvalue weighted by Gasteiger charge is -2.13. The fraction of sp³-hybridized carbons (Fsp3) is 0.192. The van der Waals surface area contributed by atoms with Crippen molar-refractivity contribution in [2.75, 3.05) is 6.61 Å². The molecule has 29 heavy (non-hydrogen) atoms. The van der Waals surface area contributed by atoms with Gasteiger partial charge in [-0.05, 0) is 59.7 Å². The normalized spacial score (nSPS) is 10.6. The van der Waals surface area contributed by atoms with Crippen molar-refractivity contribution in [2.45, 2.75) is 26.9 Å². The molecule has 0 aliphatic carbocycles. The molecule has 0 saturated heterocycles. The van der Waals surface area contributed by atoms with Crippen molar-refractivity contribution in [3.05, 3.63) is 95.6 Å². The molecule has 0 atom stereocenters. The summed E-state index contributed by atoms with van der Waals surface area (Å²) in [6, 6.07) is 23.0. The molecular weight excluding hydrogens is 360 g/mol. The molecule has 0 bridgehead atoms. The lowest BCUT2D eigenvalue weighted by Crippen LogP contribution is -2.07. The Morgan fingerprint density at radius 2 is 1.38 bits per heavy atom. The quantitative estimate of drug-likeness (QED) is 0.432.